The quantitative estimate of drug-likeness (QED) is 0.916. The number of nitrogens with one attached hydrogen (secondary N) is 1. The topological polar surface area (TPSA) is 28.2 Å². The molecule has 21 heavy (non-hydrogen) atoms. The van der Waals surface area contributed by atoms with Gasteiger partial charge in [-0.1, -0.05) is 18.2 Å². The van der Waals surface area contributed by atoms with Crippen molar-refractivity contribution in [3.63, 3.8) is 0 Å². The third kappa shape index (κ3) is 2.04. The molecule has 0 aliphatic carbocycles. The number of anilines is 1. The highest BCUT2D eigenvalue weighted by atomic mass is 15.3. The Labute approximate surface area is 126 Å². The maximum absolute atomic E-state index is 4.20. The number of hydrogen-bond donors (Lipinski definition) is 1. The smallest absolute Gasteiger partial charge is 0.0539 e. The zero-order valence-electron chi connectivity index (χ0n) is 12.4. The van der Waals surface area contributed by atoms with E-state index in [1.54, 1.807) is 0 Å². The zero-order chi connectivity index (χ0) is 14.3. The minimum absolute atomic E-state index is 0.288. The van der Waals surface area contributed by atoms with Crippen LogP contribution in [0.1, 0.15) is 13.3 Å². The normalized spacial score (nSPS) is 27.9. The highest BCUT2D eigenvalue weighted by molar-refractivity contribution is 5.66. The van der Waals surface area contributed by atoms with E-state index in [1.807, 2.05) is 18.5 Å². The van der Waals surface area contributed by atoms with Gasteiger partial charge < -0.3 is 10.2 Å². The first-order valence-electron chi connectivity index (χ1n) is 7.76. The summed E-state index contributed by atoms with van der Waals surface area (Å²) in [6.45, 7) is 5.84. The second kappa shape index (κ2) is 4.85. The molecule has 2 unspecified atom stereocenters. The maximum Gasteiger partial charge on any atom is 0.0539 e. The maximum atomic E-state index is 4.20. The van der Waals surface area contributed by atoms with Crippen LogP contribution in [0.5, 0.6) is 0 Å². The molecule has 2 aliphatic rings. The second-order valence-electron chi connectivity index (χ2n) is 6.41. The van der Waals surface area contributed by atoms with Gasteiger partial charge in [0.1, 0.15) is 0 Å². The average Bonchev–Trinajstić information content (AvgIpc) is 3.05. The molecule has 0 bridgehead atoms. The number of fused-ring (bicyclic) bond motifs is 1. The van der Waals surface area contributed by atoms with Gasteiger partial charge in [0.2, 0.25) is 0 Å². The van der Waals surface area contributed by atoms with Gasteiger partial charge in [-0.15, -0.1) is 0 Å². The van der Waals surface area contributed by atoms with E-state index in [-0.39, 0.29) is 5.54 Å². The van der Waals surface area contributed by atoms with Crippen LogP contribution in [0, 0.1) is 5.92 Å². The van der Waals surface area contributed by atoms with Gasteiger partial charge in [-0.25, -0.2) is 0 Å². The highest BCUT2D eigenvalue weighted by Crippen LogP contribution is 2.40. The molecular formula is C18H21N3. The predicted molar refractivity (Wildman–Crippen MR) is 86.4 cm³/mol. The summed E-state index contributed by atoms with van der Waals surface area (Å²) in [5, 5.41) is 3.55. The summed E-state index contributed by atoms with van der Waals surface area (Å²) in [6, 6.07) is 13.0. The lowest BCUT2D eigenvalue weighted by Crippen LogP contribution is -2.46. The summed E-state index contributed by atoms with van der Waals surface area (Å²) in [7, 11) is 0. The zero-order valence-corrected chi connectivity index (χ0v) is 12.4. The fourth-order valence-electron chi connectivity index (χ4n) is 3.92. The average molecular weight is 279 g/mol. The van der Waals surface area contributed by atoms with Crippen LogP contribution in [0.15, 0.2) is 48.8 Å². The Balaban J connectivity index is 1.63. The number of benzene rings is 1. The number of hydrogen-bond acceptors (Lipinski definition) is 3. The fraction of sp³-hybridized carbons (Fsp3) is 0.389. The van der Waals surface area contributed by atoms with E-state index in [0.29, 0.717) is 0 Å². The number of pyridine rings is 1. The number of aromatic nitrogens is 1. The molecule has 108 valence electrons. The lowest BCUT2D eigenvalue weighted by molar-refractivity contribution is 0.425. The van der Waals surface area contributed by atoms with Gasteiger partial charge in [0.15, 0.2) is 0 Å². The molecule has 2 atom stereocenters. The molecule has 3 nitrogen and oxygen atoms in total. The molecule has 0 saturated carbocycles. The first-order chi connectivity index (χ1) is 10.3. The van der Waals surface area contributed by atoms with Crippen LogP contribution in [0.2, 0.25) is 0 Å². The summed E-state index contributed by atoms with van der Waals surface area (Å²) in [4.78, 5) is 6.78. The summed E-state index contributed by atoms with van der Waals surface area (Å²) in [5.41, 5.74) is 4.04. The number of rotatable bonds is 2. The van der Waals surface area contributed by atoms with Gasteiger partial charge in [-0.05, 0) is 48.6 Å². The van der Waals surface area contributed by atoms with Crippen molar-refractivity contribution in [3.8, 4) is 11.1 Å². The van der Waals surface area contributed by atoms with Crippen molar-refractivity contribution in [1.29, 1.82) is 0 Å². The van der Waals surface area contributed by atoms with Crippen molar-refractivity contribution in [2.24, 2.45) is 5.92 Å². The molecule has 0 amide bonds. The summed E-state index contributed by atoms with van der Waals surface area (Å²) in [6.07, 6.45) is 5.03. The molecule has 0 spiro atoms. The van der Waals surface area contributed by atoms with Gasteiger partial charge >= 0.3 is 0 Å². The molecule has 3 heteroatoms. The minimum Gasteiger partial charge on any atom is -0.365 e. The molecule has 1 aromatic heterocycles. The van der Waals surface area contributed by atoms with Crippen molar-refractivity contribution in [2.45, 2.75) is 18.9 Å². The van der Waals surface area contributed by atoms with E-state index in [4.69, 9.17) is 0 Å². The predicted octanol–water partition coefficient (Wildman–Crippen LogP) is 2.94. The van der Waals surface area contributed by atoms with Crippen LogP contribution in [-0.4, -0.2) is 30.2 Å². The molecule has 0 radical (unpaired) electrons. The molecular weight excluding hydrogens is 258 g/mol. The summed E-state index contributed by atoms with van der Waals surface area (Å²) in [5.74, 6) is 0.787. The first-order valence-corrected chi connectivity index (χ1v) is 7.76. The van der Waals surface area contributed by atoms with Crippen LogP contribution in [0.4, 0.5) is 5.69 Å². The molecule has 1 N–H and O–H groups in total. The van der Waals surface area contributed by atoms with E-state index in [2.05, 4.69) is 52.5 Å². The molecule has 2 saturated heterocycles. The standard InChI is InChI=1S/C18H21N3/c1-18-13-20-12-16(18)8-10-21(18)17-6-4-14(5-7-17)15-3-2-9-19-11-15/h2-7,9,11,16,20H,8,10,12-13H2,1H3. The largest absolute Gasteiger partial charge is 0.365 e. The van der Waals surface area contributed by atoms with Crippen LogP contribution >= 0.6 is 0 Å². The Bertz CT molecular complexity index is 623. The van der Waals surface area contributed by atoms with Crippen molar-refractivity contribution >= 4 is 5.69 Å². The van der Waals surface area contributed by atoms with Crippen LogP contribution in [0.3, 0.4) is 0 Å². The van der Waals surface area contributed by atoms with E-state index in [0.717, 1.165) is 12.5 Å². The van der Waals surface area contributed by atoms with Crippen molar-refractivity contribution in [1.82, 2.24) is 10.3 Å². The van der Waals surface area contributed by atoms with Gasteiger partial charge in [0.05, 0.1) is 5.54 Å². The van der Waals surface area contributed by atoms with E-state index in [9.17, 15) is 0 Å². The molecule has 2 aromatic rings. The molecule has 2 fully saturated rings. The third-order valence-electron chi connectivity index (χ3n) is 5.24. The van der Waals surface area contributed by atoms with Gasteiger partial charge in [-0.2, -0.15) is 0 Å². The Morgan fingerprint density at radius 3 is 2.81 bits per heavy atom. The van der Waals surface area contributed by atoms with E-state index < -0.39 is 0 Å². The van der Waals surface area contributed by atoms with Crippen molar-refractivity contribution in [2.75, 3.05) is 24.5 Å². The SMILES string of the molecule is CC12CNCC1CCN2c1ccc(-c2cccnc2)cc1. The molecule has 1 aromatic carbocycles. The first kappa shape index (κ1) is 12.8. The molecule has 4 rings (SSSR count). The second-order valence-corrected chi connectivity index (χ2v) is 6.41. The monoisotopic (exact) mass is 279 g/mol. The number of nitrogens with zero attached hydrogens (tertiary/aromatic N) is 2. The molecule has 3 heterocycles. The van der Waals surface area contributed by atoms with Crippen molar-refractivity contribution in [3.05, 3.63) is 48.8 Å². The van der Waals surface area contributed by atoms with Crippen molar-refractivity contribution < 1.29 is 0 Å². The minimum atomic E-state index is 0.288. The van der Waals surface area contributed by atoms with Gasteiger partial charge in [0.25, 0.3) is 0 Å². The van der Waals surface area contributed by atoms with E-state index in [1.165, 1.54) is 36.3 Å². The Kier molecular flexibility index (Phi) is 2.96. The Hall–Kier alpha value is -1.87. The van der Waals surface area contributed by atoms with Crippen LogP contribution in [0.25, 0.3) is 11.1 Å². The highest BCUT2D eigenvalue weighted by Gasteiger charge is 2.47. The summed E-state index contributed by atoms with van der Waals surface area (Å²) < 4.78 is 0. The lowest BCUT2D eigenvalue weighted by Gasteiger charge is -2.36. The van der Waals surface area contributed by atoms with Gasteiger partial charge in [-0.3, -0.25) is 4.98 Å². The fourth-order valence-corrected chi connectivity index (χ4v) is 3.92. The van der Waals surface area contributed by atoms with Crippen LogP contribution in [-0.2, 0) is 0 Å². The summed E-state index contributed by atoms with van der Waals surface area (Å²) >= 11 is 0. The Morgan fingerprint density at radius 1 is 1.19 bits per heavy atom. The lowest BCUT2D eigenvalue weighted by atomic mass is 9.90. The third-order valence-corrected chi connectivity index (χ3v) is 5.24. The van der Waals surface area contributed by atoms with E-state index >= 15 is 0 Å². The molecule has 2 aliphatic heterocycles. The van der Waals surface area contributed by atoms with Crippen LogP contribution < -0.4 is 10.2 Å². The van der Waals surface area contributed by atoms with Gasteiger partial charge in [0, 0.05) is 37.7 Å². The Morgan fingerprint density at radius 2 is 2.05 bits per heavy atom.